The van der Waals surface area contributed by atoms with Gasteiger partial charge in [0.15, 0.2) is 5.69 Å². The molecular weight excluding hydrogens is 342 g/mol. The third-order valence-corrected chi connectivity index (χ3v) is 5.15. The summed E-state index contributed by atoms with van der Waals surface area (Å²) in [6.45, 7) is 10.3. The van der Waals surface area contributed by atoms with Crippen LogP contribution in [0, 0.1) is 6.92 Å². The van der Waals surface area contributed by atoms with Crippen LogP contribution in [0.1, 0.15) is 54.5 Å². The summed E-state index contributed by atoms with van der Waals surface area (Å²) in [4.78, 5) is 19.2. The topological polar surface area (TPSA) is 88.0 Å². The lowest BCUT2D eigenvalue weighted by molar-refractivity contribution is 0.0945. The fourth-order valence-electron chi connectivity index (χ4n) is 3.47. The average molecular weight is 371 g/mol. The molecule has 2 N–H and O–H groups in total. The molecule has 27 heavy (non-hydrogen) atoms. The van der Waals surface area contributed by atoms with Crippen LogP contribution in [0.2, 0.25) is 0 Å². The van der Waals surface area contributed by atoms with Crippen LogP contribution < -0.4 is 15.5 Å². The molecule has 3 rings (SSSR count). The van der Waals surface area contributed by atoms with Crippen molar-refractivity contribution in [1.82, 2.24) is 30.6 Å². The van der Waals surface area contributed by atoms with Gasteiger partial charge in [0, 0.05) is 25.8 Å². The van der Waals surface area contributed by atoms with Gasteiger partial charge in [0.05, 0.1) is 11.7 Å². The molecule has 0 aromatic carbocycles. The van der Waals surface area contributed by atoms with Gasteiger partial charge < -0.3 is 15.5 Å². The van der Waals surface area contributed by atoms with Gasteiger partial charge in [0.25, 0.3) is 5.91 Å². The number of rotatable bonds is 7. The predicted molar refractivity (Wildman–Crippen MR) is 105 cm³/mol. The molecule has 1 amide bonds. The summed E-state index contributed by atoms with van der Waals surface area (Å²) in [5, 5.41) is 14.6. The zero-order chi connectivity index (χ0) is 19.2. The molecule has 1 saturated heterocycles. The van der Waals surface area contributed by atoms with E-state index in [1.807, 2.05) is 29.9 Å². The number of hydrogen-bond donors (Lipinski definition) is 2. The van der Waals surface area contributed by atoms with E-state index in [9.17, 15) is 4.79 Å². The van der Waals surface area contributed by atoms with Crippen molar-refractivity contribution >= 4 is 11.7 Å². The van der Waals surface area contributed by atoms with Crippen molar-refractivity contribution in [1.29, 1.82) is 0 Å². The molecule has 1 fully saturated rings. The highest BCUT2D eigenvalue weighted by molar-refractivity contribution is 5.93. The second-order valence-electron chi connectivity index (χ2n) is 6.83. The number of carbonyl (C=O) groups is 1. The molecule has 3 heterocycles. The number of hydrogen-bond acceptors (Lipinski definition) is 6. The quantitative estimate of drug-likeness (QED) is 0.770. The van der Waals surface area contributed by atoms with Crippen molar-refractivity contribution in [3.05, 3.63) is 35.3 Å². The van der Waals surface area contributed by atoms with Crippen LogP contribution in [0.15, 0.2) is 18.3 Å². The molecule has 0 unspecified atom stereocenters. The third-order valence-electron chi connectivity index (χ3n) is 5.15. The van der Waals surface area contributed by atoms with Gasteiger partial charge in [-0.2, -0.15) is 0 Å². The Hall–Kier alpha value is -2.48. The van der Waals surface area contributed by atoms with E-state index in [1.54, 1.807) is 0 Å². The first-order valence-corrected chi connectivity index (χ1v) is 9.74. The lowest BCUT2D eigenvalue weighted by Gasteiger charge is -2.23. The van der Waals surface area contributed by atoms with Gasteiger partial charge in [-0.3, -0.25) is 4.79 Å². The van der Waals surface area contributed by atoms with Gasteiger partial charge in [-0.15, -0.1) is 5.10 Å². The number of carbonyl (C=O) groups excluding carboxylic acids is 1. The Kier molecular flexibility index (Phi) is 6.39. The summed E-state index contributed by atoms with van der Waals surface area (Å²) in [6.07, 6.45) is 3.83. The highest BCUT2D eigenvalue weighted by atomic mass is 16.2. The number of pyridine rings is 1. The number of nitrogens with one attached hydrogen (secondary N) is 2. The molecule has 8 heteroatoms. The van der Waals surface area contributed by atoms with Crippen LogP contribution in [-0.2, 0) is 6.54 Å². The van der Waals surface area contributed by atoms with Crippen LogP contribution in [0.4, 0.5) is 5.82 Å². The second-order valence-corrected chi connectivity index (χ2v) is 6.83. The summed E-state index contributed by atoms with van der Waals surface area (Å²) in [7, 11) is 0. The van der Waals surface area contributed by atoms with E-state index < -0.39 is 0 Å². The molecule has 1 aliphatic heterocycles. The Balaban J connectivity index is 1.60. The minimum absolute atomic E-state index is 0.194. The van der Waals surface area contributed by atoms with E-state index in [4.69, 9.17) is 0 Å². The van der Waals surface area contributed by atoms with Gasteiger partial charge in [-0.05, 0) is 58.3 Å². The lowest BCUT2D eigenvalue weighted by atomic mass is 10.1. The Bertz CT molecular complexity index is 746. The van der Waals surface area contributed by atoms with Crippen LogP contribution in [0.5, 0.6) is 0 Å². The molecule has 0 saturated carbocycles. The summed E-state index contributed by atoms with van der Waals surface area (Å²) >= 11 is 0. The molecule has 0 atom stereocenters. The minimum atomic E-state index is -0.194. The maximum absolute atomic E-state index is 12.5. The van der Waals surface area contributed by atoms with E-state index in [-0.39, 0.29) is 5.91 Å². The highest BCUT2D eigenvalue weighted by Gasteiger charge is 2.22. The Labute approximate surface area is 160 Å². The Morgan fingerprint density at radius 2 is 2.04 bits per heavy atom. The normalized spacial score (nSPS) is 14.9. The smallest absolute Gasteiger partial charge is 0.274 e. The Morgan fingerprint density at radius 3 is 2.67 bits per heavy atom. The average Bonchev–Trinajstić information content (AvgIpc) is 3.10. The molecule has 146 valence electrons. The Morgan fingerprint density at radius 1 is 1.30 bits per heavy atom. The number of anilines is 1. The number of nitrogens with zero attached hydrogens (tertiary/aromatic N) is 5. The minimum Gasteiger partial charge on any atom is -0.357 e. The predicted octanol–water partition coefficient (Wildman–Crippen LogP) is 1.68. The molecule has 0 spiro atoms. The van der Waals surface area contributed by atoms with Crippen LogP contribution >= 0.6 is 0 Å². The molecule has 2 aromatic heterocycles. The molecule has 0 bridgehead atoms. The summed E-state index contributed by atoms with van der Waals surface area (Å²) in [5.74, 6) is 0.760. The van der Waals surface area contributed by atoms with Crippen molar-refractivity contribution in [2.45, 2.75) is 46.2 Å². The summed E-state index contributed by atoms with van der Waals surface area (Å²) < 4.78 is 1.90. The second kappa shape index (κ2) is 8.94. The largest absolute Gasteiger partial charge is 0.357 e. The molecule has 8 nitrogen and oxygen atoms in total. The van der Waals surface area contributed by atoms with Gasteiger partial charge in [0.2, 0.25) is 0 Å². The maximum Gasteiger partial charge on any atom is 0.274 e. The van der Waals surface area contributed by atoms with E-state index in [0.717, 1.165) is 56.1 Å². The van der Waals surface area contributed by atoms with Gasteiger partial charge in [-0.25, -0.2) is 9.67 Å². The fraction of sp³-hybridized carbons (Fsp3) is 0.579. The van der Waals surface area contributed by atoms with Crippen molar-refractivity contribution in [3.63, 3.8) is 0 Å². The van der Waals surface area contributed by atoms with E-state index >= 15 is 0 Å². The molecule has 1 aliphatic rings. The fourth-order valence-corrected chi connectivity index (χ4v) is 3.47. The van der Waals surface area contributed by atoms with Crippen LogP contribution in [0.25, 0.3) is 0 Å². The molecule has 0 aliphatic carbocycles. The molecule has 2 aromatic rings. The van der Waals surface area contributed by atoms with Gasteiger partial charge in [0.1, 0.15) is 5.82 Å². The van der Waals surface area contributed by atoms with E-state index in [2.05, 4.69) is 44.7 Å². The summed E-state index contributed by atoms with van der Waals surface area (Å²) in [5.41, 5.74) is 2.19. The van der Waals surface area contributed by atoms with Gasteiger partial charge >= 0.3 is 0 Å². The van der Waals surface area contributed by atoms with Crippen molar-refractivity contribution in [3.8, 4) is 0 Å². The zero-order valence-corrected chi connectivity index (χ0v) is 16.4. The SMILES string of the molecule is CCN(CC)c1ccc(CNC(=O)c2nnn(C3CCNCC3)c2C)cn1. The van der Waals surface area contributed by atoms with Crippen molar-refractivity contribution < 1.29 is 4.79 Å². The van der Waals surface area contributed by atoms with E-state index in [1.165, 1.54) is 0 Å². The third kappa shape index (κ3) is 4.44. The standard InChI is InChI=1S/C19H29N7O/c1-4-25(5-2)17-7-6-15(12-21-17)13-22-19(27)18-14(3)26(24-23-18)16-8-10-20-11-9-16/h6-7,12,16,20H,4-5,8-11,13H2,1-3H3,(H,22,27). The zero-order valence-electron chi connectivity index (χ0n) is 16.4. The van der Waals surface area contributed by atoms with E-state index in [0.29, 0.717) is 18.3 Å². The first kappa shape index (κ1) is 19.3. The lowest BCUT2D eigenvalue weighted by Crippen LogP contribution is -2.30. The number of piperidine rings is 1. The maximum atomic E-state index is 12.5. The summed E-state index contributed by atoms with van der Waals surface area (Å²) in [6, 6.07) is 4.31. The van der Waals surface area contributed by atoms with Crippen LogP contribution in [0.3, 0.4) is 0 Å². The molecular formula is C19H29N7O. The van der Waals surface area contributed by atoms with Gasteiger partial charge in [-0.1, -0.05) is 11.3 Å². The van der Waals surface area contributed by atoms with Crippen molar-refractivity contribution in [2.75, 3.05) is 31.1 Å². The number of aromatic nitrogens is 4. The monoisotopic (exact) mass is 371 g/mol. The van der Waals surface area contributed by atoms with Crippen LogP contribution in [-0.4, -0.2) is 52.1 Å². The highest BCUT2D eigenvalue weighted by Crippen LogP contribution is 2.20. The molecule has 0 radical (unpaired) electrons. The van der Waals surface area contributed by atoms with Crippen molar-refractivity contribution in [2.24, 2.45) is 0 Å². The first-order chi connectivity index (χ1) is 13.1. The number of amides is 1. The first-order valence-electron chi connectivity index (χ1n) is 9.74.